The molecule has 0 amide bonds. The van der Waals surface area contributed by atoms with Crippen LogP contribution in [0.3, 0.4) is 0 Å². The molecule has 2 rings (SSSR count). The summed E-state index contributed by atoms with van der Waals surface area (Å²) in [5.41, 5.74) is 1.42. The molecule has 1 atom stereocenters. The first kappa shape index (κ1) is 13.9. The van der Waals surface area contributed by atoms with E-state index in [0.29, 0.717) is 0 Å². The lowest BCUT2D eigenvalue weighted by molar-refractivity contribution is 0.559. The van der Waals surface area contributed by atoms with E-state index in [0.717, 1.165) is 12.2 Å². The highest BCUT2D eigenvalue weighted by Crippen LogP contribution is 2.16. The summed E-state index contributed by atoms with van der Waals surface area (Å²) in [5, 5.41) is 0. The van der Waals surface area contributed by atoms with Crippen LogP contribution in [0.1, 0.15) is 18.9 Å². The lowest BCUT2D eigenvalue weighted by Crippen LogP contribution is -2.22. The van der Waals surface area contributed by atoms with E-state index in [2.05, 4.69) is 49.4 Å². The van der Waals surface area contributed by atoms with Gasteiger partial charge in [0.2, 0.25) is 9.04 Å². The zero-order valence-electron chi connectivity index (χ0n) is 11.6. The SMILES string of the molecule is CCC[SiH](CCc1ccccc1)Oc1ccccc1. The maximum atomic E-state index is 6.22. The third kappa shape index (κ3) is 4.91. The first-order valence-electron chi connectivity index (χ1n) is 7.14. The molecular formula is C17H22OSi. The molecule has 1 nitrogen and oxygen atoms in total. The summed E-state index contributed by atoms with van der Waals surface area (Å²) in [7, 11) is -1.13. The molecule has 0 aliphatic heterocycles. The molecular weight excluding hydrogens is 248 g/mol. The maximum Gasteiger partial charge on any atom is 0.235 e. The van der Waals surface area contributed by atoms with Crippen LogP contribution >= 0.6 is 0 Å². The second-order valence-electron chi connectivity index (χ2n) is 4.87. The Morgan fingerprint density at radius 2 is 1.47 bits per heavy atom. The van der Waals surface area contributed by atoms with Crippen LogP contribution in [0.2, 0.25) is 12.1 Å². The van der Waals surface area contributed by atoms with Crippen LogP contribution < -0.4 is 4.43 Å². The Morgan fingerprint density at radius 1 is 0.842 bits per heavy atom. The first-order valence-corrected chi connectivity index (χ1v) is 9.24. The van der Waals surface area contributed by atoms with Gasteiger partial charge in [-0.1, -0.05) is 61.9 Å². The van der Waals surface area contributed by atoms with E-state index < -0.39 is 9.04 Å². The molecule has 19 heavy (non-hydrogen) atoms. The van der Waals surface area contributed by atoms with Gasteiger partial charge in [0.15, 0.2) is 0 Å². The summed E-state index contributed by atoms with van der Waals surface area (Å²) in [5.74, 6) is 1.04. The number of para-hydroxylation sites is 1. The second-order valence-corrected chi connectivity index (χ2v) is 7.50. The summed E-state index contributed by atoms with van der Waals surface area (Å²) >= 11 is 0. The fourth-order valence-corrected chi connectivity index (χ4v) is 4.61. The van der Waals surface area contributed by atoms with Crippen molar-refractivity contribution in [1.29, 1.82) is 0 Å². The van der Waals surface area contributed by atoms with Gasteiger partial charge < -0.3 is 4.43 Å². The van der Waals surface area contributed by atoms with Gasteiger partial charge in [0, 0.05) is 0 Å². The van der Waals surface area contributed by atoms with Gasteiger partial charge >= 0.3 is 0 Å². The van der Waals surface area contributed by atoms with Crippen LogP contribution in [0.4, 0.5) is 0 Å². The molecule has 0 bridgehead atoms. The molecule has 0 heterocycles. The van der Waals surface area contributed by atoms with Crippen molar-refractivity contribution in [2.75, 3.05) is 0 Å². The molecule has 2 heteroatoms. The van der Waals surface area contributed by atoms with Crippen molar-refractivity contribution in [3.8, 4) is 5.75 Å². The monoisotopic (exact) mass is 270 g/mol. The normalized spacial score (nSPS) is 12.1. The van der Waals surface area contributed by atoms with Crippen molar-refractivity contribution in [3.05, 3.63) is 66.2 Å². The van der Waals surface area contributed by atoms with Gasteiger partial charge in [-0.25, -0.2) is 0 Å². The van der Waals surface area contributed by atoms with E-state index in [1.165, 1.54) is 24.1 Å². The lowest BCUT2D eigenvalue weighted by Gasteiger charge is -2.17. The average Bonchev–Trinajstić information content (AvgIpc) is 2.47. The van der Waals surface area contributed by atoms with Gasteiger partial charge in [0.05, 0.1) is 0 Å². The van der Waals surface area contributed by atoms with E-state index in [-0.39, 0.29) is 0 Å². The van der Waals surface area contributed by atoms with Crippen LogP contribution in [0, 0.1) is 0 Å². The molecule has 0 aliphatic carbocycles. The minimum atomic E-state index is -1.13. The van der Waals surface area contributed by atoms with Crippen molar-refractivity contribution in [1.82, 2.24) is 0 Å². The van der Waals surface area contributed by atoms with Crippen LogP contribution in [-0.2, 0) is 6.42 Å². The third-order valence-electron chi connectivity index (χ3n) is 3.25. The van der Waals surface area contributed by atoms with Gasteiger partial charge in [-0.15, -0.1) is 0 Å². The minimum Gasteiger partial charge on any atom is -0.546 e. The van der Waals surface area contributed by atoms with Gasteiger partial charge in [-0.2, -0.15) is 0 Å². The molecule has 0 fully saturated rings. The predicted octanol–water partition coefficient (Wildman–Crippen LogP) is 4.44. The van der Waals surface area contributed by atoms with Crippen LogP contribution in [0.5, 0.6) is 5.75 Å². The van der Waals surface area contributed by atoms with Crippen molar-refractivity contribution in [2.24, 2.45) is 0 Å². The van der Waals surface area contributed by atoms with Gasteiger partial charge in [0.1, 0.15) is 5.75 Å². The molecule has 2 aromatic carbocycles. The Kier molecular flexibility index (Phi) is 5.69. The fraction of sp³-hybridized carbons (Fsp3) is 0.294. The fourth-order valence-electron chi connectivity index (χ4n) is 2.25. The van der Waals surface area contributed by atoms with Gasteiger partial charge in [-0.3, -0.25) is 0 Å². The van der Waals surface area contributed by atoms with Crippen molar-refractivity contribution >= 4 is 9.04 Å². The zero-order valence-corrected chi connectivity index (χ0v) is 12.7. The molecule has 0 saturated heterocycles. The van der Waals surface area contributed by atoms with Crippen LogP contribution in [0.15, 0.2) is 60.7 Å². The van der Waals surface area contributed by atoms with Gasteiger partial charge in [-0.05, 0) is 36.2 Å². The summed E-state index contributed by atoms with van der Waals surface area (Å²) in [4.78, 5) is 0. The van der Waals surface area contributed by atoms with E-state index in [4.69, 9.17) is 4.43 Å². The number of hydrogen-bond acceptors (Lipinski definition) is 1. The predicted molar refractivity (Wildman–Crippen MR) is 84.3 cm³/mol. The molecule has 0 aromatic heterocycles. The topological polar surface area (TPSA) is 9.23 Å². The van der Waals surface area contributed by atoms with E-state index in [1.807, 2.05) is 18.2 Å². The van der Waals surface area contributed by atoms with E-state index in [1.54, 1.807) is 0 Å². The van der Waals surface area contributed by atoms with E-state index in [9.17, 15) is 0 Å². The minimum absolute atomic E-state index is 1.04. The maximum absolute atomic E-state index is 6.22. The number of benzene rings is 2. The molecule has 0 N–H and O–H groups in total. The van der Waals surface area contributed by atoms with Crippen molar-refractivity contribution in [3.63, 3.8) is 0 Å². The summed E-state index contributed by atoms with van der Waals surface area (Å²) in [6.45, 7) is 2.25. The Morgan fingerprint density at radius 3 is 2.11 bits per heavy atom. The highest BCUT2D eigenvalue weighted by Gasteiger charge is 2.12. The average molecular weight is 270 g/mol. The highest BCUT2D eigenvalue weighted by atomic mass is 28.3. The zero-order chi connectivity index (χ0) is 13.3. The van der Waals surface area contributed by atoms with Crippen LogP contribution in [0.25, 0.3) is 0 Å². The highest BCUT2D eigenvalue weighted by molar-refractivity contribution is 6.52. The molecule has 0 saturated carbocycles. The van der Waals surface area contributed by atoms with E-state index >= 15 is 0 Å². The summed E-state index contributed by atoms with van der Waals surface area (Å²) < 4.78 is 6.22. The molecule has 0 aliphatic rings. The number of rotatable bonds is 7. The summed E-state index contributed by atoms with van der Waals surface area (Å²) in [6, 6.07) is 23.4. The molecule has 0 radical (unpaired) electrons. The Hall–Kier alpha value is -1.54. The summed E-state index contributed by atoms with van der Waals surface area (Å²) in [6.07, 6.45) is 2.36. The second kappa shape index (κ2) is 7.80. The molecule has 100 valence electrons. The van der Waals surface area contributed by atoms with Crippen molar-refractivity contribution in [2.45, 2.75) is 31.9 Å². The van der Waals surface area contributed by atoms with Crippen molar-refractivity contribution < 1.29 is 4.43 Å². The molecule has 0 spiro atoms. The third-order valence-corrected chi connectivity index (χ3v) is 6.01. The Bertz CT molecular complexity index is 455. The molecule has 1 unspecified atom stereocenters. The molecule has 2 aromatic rings. The quantitative estimate of drug-likeness (QED) is 0.676. The van der Waals surface area contributed by atoms with Crippen LogP contribution in [-0.4, -0.2) is 9.04 Å². The van der Waals surface area contributed by atoms with Gasteiger partial charge in [0.25, 0.3) is 0 Å². The smallest absolute Gasteiger partial charge is 0.235 e. The Labute approximate surface area is 118 Å². The standard InChI is InChI=1S/C17H22OSi/c1-2-14-19(18-17-11-7-4-8-12-17)15-13-16-9-5-3-6-10-16/h3-12,19H,2,13-15H2,1H3. The number of aryl methyl sites for hydroxylation is 1. The lowest BCUT2D eigenvalue weighted by atomic mass is 10.2. The first-order chi connectivity index (χ1) is 9.38. The largest absolute Gasteiger partial charge is 0.546 e. The Balaban J connectivity index is 1.89. The number of hydrogen-bond donors (Lipinski definition) is 0.